The van der Waals surface area contributed by atoms with Crippen LogP contribution in [0.2, 0.25) is 0 Å². The van der Waals surface area contributed by atoms with E-state index in [2.05, 4.69) is 27.7 Å². The third-order valence-corrected chi connectivity index (χ3v) is 3.15. The molecule has 3 unspecified atom stereocenters. The summed E-state index contributed by atoms with van der Waals surface area (Å²) in [5.74, 6) is 0.882. The van der Waals surface area contributed by atoms with E-state index >= 15 is 0 Å². The van der Waals surface area contributed by atoms with E-state index in [1.807, 2.05) is 0 Å². The highest BCUT2D eigenvalue weighted by Crippen LogP contribution is 2.41. The predicted molar refractivity (Wildman–Crippen MR) is 50.9 cm³/mol. The molecular formula is C11H21F. The summed E-state index contributed by atoms with van der Waals surface area (Å²) in [7, 11) is 0. The molecule has 72 valence electrons. The quantitative estimate of drug-likeness (QED) is 0.521. The molecule has 0 heterocycles. The van der Waals surface area contributed by atoms with Crippen molar-refractivity contribution in [2.45, 2.75) is 53.1 Å². The molecule has 1 rings (SSSR count). The molecule has 0 aromatic heterocycles. The Labute approximate surface area is 75.5 Å². The summed E-state index contributed by atoms with van der Waals surface area (Å²) in [6.45, 7) is 8.62. The van der Waals surface area contributed by atoms with Crippen molar-refractivity contribution in [3.63, 3.8) is 0 Å². The van der Waals surface area contributed by atoms with E-state index in [4.69, 9.17) is 0 Å². The van der Waals surface area contributed by atoms with Gasteiger partial charge in [-0.2, -0.15) is 0 Å². The lowest BCUT2D eigenvalue weighted by atomic mass is 9.69. The van der Waals surface area contributed by atoms with Crippen LogP contribution in [0.4, 0.5) is 4.39 Å². The molecule has 1 heteroatoms. The van der Waals surface area contributed by atoms with Gasteiger partial charge in [0.1, 0.15) is 6.17 Å². The van der Waals surface area contributed by atoms with Crippen molar-refractivity contribution in [2.24, 2.45) is 17.3 Å². The first-order valence-electron chi connectivity index (χ1n) is 5.05. The average molecular weight is 172 g/mol. The van der Waals surface area contributed by atoms with Crippen LogP contribution in [0.15, 0.2) is 0 Å². The lowest BCUT2D eigenvalue weighted by molar-refractivity contribution is 0.0537. The van der Waals surface area contributed by atoms with Gasteiger partial charge in [0.05, 0.1) is 0 Å². The molecule has 1 aliphatic carbocycles. The second kappa shape index (κ2) is 3.35. The van der Waals surface area contributed by atoms with E-state index in [0.717, 1.165) is 12.8 Å². The molecule has 1 saturated carbocycles. The number of hydrogen-bond acceptors (Lipinski definition) is 0. The Morgan fingerprint density at radius 1 is 1.17 bits per heavy atom. The van der Waals surface area contributed by atoms with Crippen LogP contribution in [0.5, 0.6) is 0 Å². The first kappa shape index (κ1) is 10.0. The van der Waals surface area contributed by atoms with Crippen LogP contribution >= 0.6 is 0 Å². The maximum absolute atomic E-state index is 13.6. The Morgan fingerprint density at radius 2 is 1.75 bits per heavy atom. The first-order valence-corrected chi connectivity index (χ1v) is 5.05. The van der Waals surface area contributed by atoms with Crippen LogP contribution in [-0.4, -0.2) is 6.17 Å². The maximum Gasteiger partial charge on any atom is 0.104 e. The molecule has 3 atom stereocenters. The highest BCUT2D eigenvalue weighted by molar-refractivity contribution is 4.85. The van der Waals surface area contributed by atoms with Gasteiger partial charge in [-0.05, 0) is 30.1 Å². The van der Waals surface area contributed by atoms with E-state index in [-0.39, 0.29) is 11.3 Å². The Bertz CT molecular complexity index is 146. The second-order valence-electron chi connectivity index (χ2n) is 5.41. The maximum atomic E-state index is 13.6. The molecule has 0 N–H and O–H groups in total. The smallest absolute Gasteiger partial charge is 0.104 e. The van der Waals surface area contributed by atoms with Gasteiger partial charge in [0, 0.05) is 0 Å². The molecule has 12 heavy (non-hydrogen) atoms. The summed E-state index contributed by atoms with van der Waals surface area (Å²) in [5, 5.41) is 0. The lowest BCUT2D eigenvalue weighted by Crippen LogP contribution is -2.34. The van der Waals surface area contributed by atoms with E-state index in [0.29, 0.717) is 5.92 Å². The summed E-state index contributed by atoms with van der Waals surface area (Å²) in [6, 6.07) is 0. The fourth-order valence-electron chi connectivity index (χ4n) is 2.29. The van der Waals surface area contributed by atoms with Gasteiger partial charge in [-0.1, -0.05) is 34.1 Å². The van der Waals surface area contributed by atoms with Crippen LogP contribution in [0.3, 0.4) is 0 Å². The largest absolute Gasteiger partial charge is 0.247 e. The number of alkyl halides is 1. The van der Waals surface area contributed by atoms with Crippen molar-refractivity contribution >= 4 is 0 Å². The van der Waals surface area contributed by atoms with Gasteiger partial charge in [-0.25, -0.2) is 4.39 Å². The van der Waals surface area contributed by atoms with Crippen molar-refractivity contribution in [1.82, 2.24) is 0 Å². The molecule has 0 radical (unpaired) electrons. The van der Waals surface area contributed by atoms with Gasteiger partial charge >= 0.3 is 0 Å². The molecule has 1 aliphatic rings. The SMILES string of the molecule is CC1CCC(C(C)(C)C)C(F)C1. The third kappa shape index (κ3) is 2.21. The van der Waals surface area contributed by atoms with E-state index in [1.54, 1.807) is 0 Å². The Balaban J connectivity index is 2.57. The predicted octanol–water partition coefficient (Wildman–Crippen LogP) is 3.81. The monoisotopic (exact) mass is 172 g/mol. The van der Waals surface area contributed by atoms with E-state index in [9.17, 15) is 4.39 Å². The second-order valence-corrected chi connectivity index (χ2v) is 5.41. The number of halogens is 1. The summed E-state index contributed by atoms with van der Waals surface area (Å²) in [6.07, 6.45) is 2.50. The zero-order chi connectivity index (χ0) is 9.35. The van der Waals surface area contributed by atoms with Gasteiger partial charge in [0.25, 0.3) is 0 Å². The number of hydrogen-bond donors (Lipinski definition) is 0. The highest BCUT2D eigenvalue weighted by Gasteiger charge is 2.36. The Hall–Kier alpha value is -0.0700. The highest BCUT2D eigenvalue weighted by atomic mass is 19.1. The van der Waals surface area contributed by atoms with Crippen LogP contribution < -0.4 is 0 Å². The average Bonchev–Trinajstić information content (AvgIpc) is 1.83. The Kier molecular flexibility index (Phi) is 2.80. The zero-order valence-electron chi connectivity index (χ0n) is 8.73. The number of rotatable bonds is 0. The molecule has 1 fully saturated rings. The van der Waals surface area contributed by atoms with Crippen molar-refractivity contribution in [1.29, 1.82) is 0 Å². The van der Waals surface area contributed by atoms with Crippen LogP contribution in [0, 0.1) is 17.3 Å². The molecular weight excluding hydrogens is 151 g/mol. The summed E-state index contributed by atoms with van der Waals surface area (Å²) < 4.78 is 13.6. The third-order valence-electron chi connectivity index (χ3n) is 3.15. The minimum atomic E-state index is -0.561. The molecule has 0 nitrogen and oxygen atoms in total. The minimum absolute atomic E-state index is 0.152. The zero-order valence-corrected chi connectivity index (χ0v) is 8.73. The van der Waals surface area contributed by atoms with Crippen molar-refractivity contribution in [2.75, 3.05) is 0 Å². The van der Waals surface area contributed by atoms with Gasteiger partial charge in [0.2, 0.25) is 0 Å². The fraction of sp³-hybridized carbons (Fsp3) is 1.00. The summed E-state index contributed by atoms with van der Waals surface area (Å²) >= 11 is 0. The van der Waals surface area contributed by atoms with Crippen LogP contribution in [0.1, 0.15) is 47.0 Å². The van der Waals surface area contributed by atoms with Gasteiger partial charge in [0.15, 0.2) is 0 Å². The molecule has 0 aliphatic heterocycles. The van der Waals surface area contributed by atoms with Gasteiger partial charge < -0.3 is 0 Å². The molecule has 0 aromatic rings. The van der Waals surface area contributed by atoms with Crippen molar-refractivity contribution in [3.05, 3.63) is 0 Å². The molecule has 0 saturated heterocycles. The van der Waals surface area contributed by atoms with Crippen LogP contribution in [0.25, 0.3) is 0 Å². The van der Waals surface area contributed by atoms with Crippen molar-refractivity contribution in [3.8, 4) is 0 Å². The minimum Gasteiger partial charge on any atom is -0.247 e. The summed E-state index contributed by atoms with van der Waals surface area (Å²) in [5.41, 5.74) is 0.152. The first-order chi connectivity index (χ1) is 5.41. The topological polar surface area (TPSA) is 0 Å². The van der Waals surface area contributed by atoms with E-state index < -0.39 is 6.17 Å². The standard InChI is InChI=1S/C11H21F/c1-8-5-6-9(10(12)7-8)11(2,3)4/h8-10H,5-7H2,1-4H3. The van der Waals surface area contributed by atoms with Crippen molar-refractivity contribution < 1.29 is 4.39 Å². The van der Waals surface area contributed by atoms with Crippen LogP contribution in [-0.2, 0) is 0 Å². The molecule has 0 aromatic carbocycles. The lowest BCUT2D eigenvalue weighted by Gasteiger charge is -2.38. The fourth-order valence-corrected chi connectivity index (χ4v) is 2.29. The molecule has 0 amide bonds. The van der Waals surface area contributed by atoms with Gasteiger partial charge in [-0.3, -0.25) is 0 Å². The summed E-state index contributed by atoms with van der Waals surface area (Å²) in [4.78, 5) is 0. The molecule has 0 spiro atoms. The van der Waals surface area contributed by atoms with Gasteiger partial charge in [-0.15, -0.1) is 0 Å². The van der Waals surface area contributed by atoms with E-state index in [1.165, 1.54) is 6.42 Å². The Morgan fingerprint density at radius 3 is 2.17 bits per heavy atom. The normalized spacial score (nSPS) is 38.2. The molecule has 0 bridgehead atoms.